The maximum Gasteiger partial charge on any atom is 0.110 e. The van der Waals surface area contributed by atoms with E-state index >= 15 is 0 Å². The molecule has 4 rings (SSSR count). The molecule has 0 saturated carbocycles. The van der Waals surface area contributed by atoms with Crippen molar-refractivity contribution in [2.75, 3.05) is 7.11 Å². The van der Waals surface area contributed by atoms with Crippen molar-refractivity contribution >= 4 is 10.9 Å². The lowest BCUT2D eigenvalue weighted by Crippen LogP contribution is -1.98. The van der Waals surface area contributed by atoms with Gasteiger partial charge in [-0.3, -0.25) is 0 Å². The minimum absolute atomic E-state index is 0.0485. The van der Waals surface area contributed by atoms with Gasteiger partial charge in [0.2, 0.25) is 0 Å². The fourth-order valence-corrected chi connectivity index (χ4v) is 3.00. The number of ether oxygens (including phenoxy) is 1. The molecule has 1 aliphatic rings. The first-order valence-electron chi connectivity index (χ1n) is 6.13. The molecule has 2 heteroatoms. The summed E-state index contributed by atoms with van der Waals surface area (Å²) in [6.07, 6.45) is 0.0485. The van der Waals surface area contributed by atoms with Crippen molar-refractivity contribution in [2.45, 2.75) is 6.10 Å². The molecule has 88 valence electrons. The molecular formula is C16H13NO. The van der Waals surface area contributed by atoms with Crippen molar-refractivity contribution in [3.05, 3.63) is 59.7 Å². The average Bonchev–Trinajstić information content (AvgIpc) is 2.93. The zero-order valence-electron chi connectivity index (χ0n) is 10.1. The Hall–Kier alpha value is -2.06. The highest BCUT2D eigenvalue weighted by Crippen LogP contribution is 2.47. The van der Waals surface area contributed by atoms with E-state index in [9.17, 15) is 0 Å². The van der Waals surface area contributed by atoms with Gasteiger partial charge < -0.3 is 9.72 Å². The fraction of sp³-hybridized carbons (Fsp3) is 0.125. The summed E-state index contributed by atoms with van der Waals surface area (Å²) in [7, 11) is 1.78. The molecule has 0 radical (unpaired) electrons. The van der Waals surface area contributed by atoms with E-state index in [2.05, 4.69) is 53.5 Å². The topological polar surface area (TPSA) is 25.0 Å². The average molecular weight is 235 g/mol. The number of methoxy groups -OCH3 is 1. The van der Waals surface area contributed by atoms with Crippen LogP contribution in [0.5, 0.6) is 0 Å². The van der Waals surface area contributed by atoms with Gasteiger partial charge in [0.25, 0.3) is 0 Å². The smallest absolute Gasteiger partial charge is 0.110 e. The summed E-state index contributed by atoms with van der Waals surface area (Å²) in [6, 6.07) is 16.8. The van der Waals surface area contributed by atoms with Crippen LogP contribution in [-0.2, 0) is 4.74 Å². The maximum atomic E-state index is 5.71. The first kappa shape index (κ1) is 9.92. The second kappa shape index (κ2) is 3.47. The predicted octanol–water partition coefficient (Wildman–Crippen LogP) is 3.88. The third-order valence-electron chi connectivity index (χ3n) is 3.76. The third-order valence-corrected chi connectivity index (χ3v) is 3.76. The first-order valence-corrected chi connectivity index (χ1v) is 6.13. The second-order valence-corrected chi connectivity index (χ2v) is 4.66. The molecule has 1 heterocycles. The van der Waals surface area contributed by atoms with Crippen molar-refractivity contribution < 1.29 is 4.74 Å². The van der Waals surface area contributed by atoms with Crippen LogP contribution < -0.4 is 0 Å². The van der Waals surface area contributed by atoms with Crippen LogP contribution in [0.2, 0.25) is 0 Å². The Morgan fingerprint density at radius 1 is 1.00 bits per heavy atom. The van der Waals surface area contributed by atoms with Crippen molar-refractivity contribution in [3.8, 4) is 11.3 Å². The Balaban J connectivity index is 2.12. The van der Waals surface area contributed by atoms with Crippen LogP contribution >= 0.6 is 0 Å². The summed E-state index contributed by atoms with van der Waals surface area (Å²) in [5, 5.41) is 1.26. The van der Waals surface area contributed by atoms with E-state index in [1.165, 1.54) is 33.3 Å². The van der Waals surface area contributed by atoms with E-state index in [1.807, 2.05) is 0 Å². The third kappa shape index (κ3) is 1.11. The van der Waals surface area contributed by atoms with Gasteiger partial charge in [-0.2, -0.15) is 0 Å². The van der Waals surface area contributed by atoms with Crippen LogP contribution in [0.25, 0.3) is 22.2 Å². The SMILES string of the molecule is COC1c2ccccc2-c2[nH]c3ccccc3c21. The predicted molar refractivity (Wildman–Crippen MR) is 72.6 cm³/mol. The first-order chi connectivity index (χ1) is 8.90. The van der Waals surface area contributed by atoms with Crippen LogP contribution in [0, 0.1) is 0 Å². The van der Waals surface area contributed by atoms with Crippen LogP contribution in [-0.4, -0.2) is 12.1 Å². The number of hydrogen-bond acceptors (Lipinski definition) is 1. The van der Waals surface area contributed by atoms with Crippen molar-refractivity contribution in [2.24, 2.45) is 0 Å². The van der Waals surface area contributed by atoms with Crippen LogP contribution in [0.1, 0.15) is 17.2 Å². The number of nitrogens with one attached hydrogen (secondary N) is 1. The lowest BCUT2D eigenvalue weighted by Gasteiger charge is -2.11. The number of benzene rings is 2. The highest BCUT2D eigenvalue weighted by atomic mass is 16.5. The molecule has 0 amide bonds. The minimum atomic E-state index is 0.0485. The number of aromatic nitrogens is 1. The van der Waals surface area contributed by atoms with Gasteiger partial charge in [0.1, 0.15) is 6.10 Å². The Bertz CT molecular complexity index is 742. The Morgan fingerprint density at radius 3 is 2.67 bits per heavy atom. The standard InChI is InChI=1S/C16H13NO/c1-18-16-11-7-3-2-6-10(11)15-14(16)12-8-4-5-9-13(12)17-15/h2-9,16-17H,1H3. The zero-order chi connectivity index (χ0) is 12.1. The van der Waals surface area contributed by atoms with E-state index in [4.69, 9.17) is 4.74 Å². The second-order valence-electron chi connectivity index (χ2n) is 4.66. The number of para-hydroxylation sites is 1. The van der Waals surface area contributed by atoms with Gasteiger partial charge in [-0.05, 0) is 11.6 Å². The lowest BCUT2D eigenvalue weighted by atomic mass is 10.1. The summed E-state index contributed by atoms with van der Waals surface area (Å²) in [5.41, 5.74) is 6.18. The molecule has 0 bridgehead atoms. The molecule has 0 spiro atoms. The molecule has 1 aliphatic carbocycles. The quantitative estimate of drug-likeness (QED) is 0.680. The molecule has 0 aliphatic heterocycles. The molecule has 18 heavy (non-hydrogen) atoms. The molecule has 0 saturated heterocycles. The molecule has 3 aromatic rings. The zero-order valence-corrected chi connectivity index (χ0v) is 10.1. The Kier molecular flexibility index (Phi) is 1.91. The van der Waals surface area contributed by atoms with Gasteiger partial charge in [-0.15, -0.1) is 0 Å². The van der Waals surface area contributed by atoms with Crippen molar-refractivity contribution in [3.63, 3.8) is 0 Å². The van der Waals surface area contributed by atoms with Crippen molar-refractivity contribution in [1.29, 1.82) is 0 Å². The van der Waals surface area contributed by atoms with Gasteiger partial charge in [0.15, 0.2) is 0 Å². The van der Waals surface area contributed by atoms with Crippen LogP contribution in [0.15, 0.2) is 48.5 Å². The number of fused-ring (bicyclic) bond motifs is 5. The molecule has 2 nitrogen and oxygen atoms in total. The molecule has 1 aromatic heterocycles. The normalized spacial score (nSPS) is 16.8. The summed E-state index contributed by atoms with van der Waals surface area (Å²) >= 11 is 0. The van der Waals surface area contributed by atoms with E-state index in [1.54, 1.807) is 7.11 Å². The largest absolute Gasteiger partial charge is 0.372 e. The summed E-state index contributed by atoms with van der Waals surface area (Å²) in [6.45, 7) is 0. The minimum Gasteiger partial charge on any atom is -0.372 e. The highest BCUT2D eigenvalue weighted by Gasteiger charge is 2.31. The van der Waals surface area contributed by atoms with Gasteiger partial charge in [-0.1, -0.05) is 42.5 Å². The highest BCUT2D eigenvalue weighted by molar-refractivity contribution is 5.95. The van der Waals surface area contributed by atoms with E-state index < -0.39 is 0 Å². The van der Waals surface area contributed by atoms with E-state index in [0.717, 1.165) is 0 Å². The molecular weight excluding hydrogens is 222 g/mol. The summed E-state index contributed by atoms with van der Waals surface area (Å²) in [5.74, 6) is 0. The van der Waals surface area contributed by atoms with Gasteiger partial charge in [0.05, 0.1) is 5.69 Å². The molecule has 1 atom stereocenters. The molecule has 1 N–H and O–H groups in total. The lowest BCUT2D eigenvalue weighted by molar-refractivity contribution is 0.141. The van der Waals surface area contributed by atoms with Crippen LogP contribution in [0.4, 0.5) is 0 Å². The monoisotopic (exact) mass is 235 g/mol. The van der Waals surface area contributed by atoms with Crippen molar-refractivity contribution in [1.82, 2.24) is 4.98 Å². The Labute approximate surface area is 105 Å². The fourth-order valence-electron chi connectivity index (χ4n) is 3.00. The molecule has 1 unspecified atom stereocenters. The maximum absolute atomic E-state index is 5.71. The molecule has 0 fully saturated rings. The summed E-state index contributed by atoms with van der Waals surface area (Å²) in [4.78, 5) is 3.52. The van der Waals surface area contributed by atoms with Gasteiger partial charge >= 0.3 is 0 Å². The number of hydrogen-bond donors (Lipinski definition) is 1. The Morgan fingerprint density at radius 2 is 1.78 bits per heavy atom. The van der Waals surface area contributed by atoms with Crippen LogP contribution in [0.3, 0.4) is 0 Å². The number of rotatable bonds is 1. The van der Waals surface area contributed by atoms with Gasteiger partial charge in [0, 0.05) is 29.1 Å². The van der Waals surface area contributed by atoms with Gasteiger partial charge in [-0.25, -0.2) is 0 Å². The number of aromatic amines is 1. The van der Waals surface area contributed by atoms with E-state index in [0.29, 0.717) is 0 Å². The van der Waals surface area contributed by atoms with E-state index in [-0.39, 0.29) is 6.10 Å². The summed E-state index contributed by atoms with van der Waals surface area (Å²) < 4.78 is 5.71. The molecule has 2 aromatic carbocycles. The number of H-pyrrole nitrogens is 1.